The van der Waals surface area contributed by atoms with E-state index in [9.17, 15) is 4.79 Å². The summed E-state index contributed by atoms with van der Waals surface area (Å²) < 4.78 is 5.30. The van der Waals surface area contributed by atoms with Crippen molar-refractivity contribution < 1.29 is 14.3 Å². The fourth-order valence-corrected chi connectivity index (χ4v) is 3.00. The lowest BCUT2D eigenvalue weighted by Gasteiger charge is -2.37. The highest BCUT2D eigenvalue weighted by molar-refractivity contribution is 5.84. The Bertz CT molecular complexity index is 443. The van der Waals surface area contributed by atoms with E-state index in [0.29, 0.717) is 6.04 Å². The normalized spacial score (nSPS) is 25.2. The molecule has 2 saturated heterocycles. The van der Waals surface area contributed by atoms with Gasteiger partial charge in [0.15, 0.2) is 0 Å². The zero-order valence-corrected chi connectivity index (χ0v) is 10.3. The van der Waals surface area contributed by atoms with Crippen LogP contribution >= 0.6 is 0 Å². The van der Waals surface area contributed by atoms with E-state index in [4.69, 9.17) is 9.52 Å². The largest absolute Gasteiger partial charge is 0.475 e. The van der Waals surface area contributed by atoms with E-state index >= 15 is 0 Å². The van der Waals surface area contributed by atoms with Crippen LogP contribution in [0.15, 0.2) is 16.5 Å². The summed E-state index contributed by atoms with van der Waals surface area (Å²) in [6, 6.07) is 3.99. The van der Waals surface area contributed by atoms with Gasteiger partial charge in [-0.25, -0.2) is 4.79 Å². The van der Waals surface area contributed by atoms with Gasteiger partial charge in [-0.3, -0.25) is 9.80 Å². The molecule has 0 radical (unpaired) electrons. The summed E-state index contributed by atoms with van der Waals surface area (Å²) in [5.74, 6) is -0.217. The molecule has 1 aromatic heterocycles. The molecule has 3 rings (SSSR count). The minimum absolute atomic E-state index is 0.0319. The fraction of sp³-hybridized carbons (Fsp3) is 0.615. The van der Waals surface area contributed by atoms with Crippen molar-refractivity contribution >= 4 is 5.97 Å². The molecule has 2 fully saturated rings. The standard InChI is InChI=1S/C13H18N2O3/c16-13(17)12-4-3-11(18-12)9-14-6-7-15-5-1-2-10(15)8-14/h3-4,10H,1-2,5-9H2,(H,16,17). The van der Waals surface area contributed by atoms with Crippen LogP contribution in [0.5, 0.6) is 0 Å². The van der Waals surface area contributed by atoms with E-state index < -0.39 is 5.97 Å². The number of rotatable bonds is 3. The van der Waals surface area contributed by atoms with Gasteiger partial charge in [-0.15, -0.1) is 0 Å². The number of furan rings is 1. The molecule has 18 heavy (non-hydrogen) atoms. The number of fused-ring (bicyclic) bond motifs is 1. The van der Waals surface area contributed by atoms with Crippen LogP contribution in [0.4, 0.5) is 0 Å². The van der Waals surface area contributed by atoms with Gasteiger partial charge in [0.05, 0.1) is 6.54 Å². The molecule has 5 heteroatoms. The van der Waals surface area contributed by atoms with E-state index in [1.54, 1.807) is 6.07 Å². The molecule has 2 aliphatic heterocycles. The SMILES string of the molecule is O=C(O)c1ccc(CN2CCN3CCCC3C2)o1. The maximum atomic E-state index is 10.7. The first-order chi connectivity index (χ1) is 8.72. The van der Waals surface area contributed by atoms with Crippen molar-refractivity contribution in [1.29, 1.82) is 0 Å². The smallest absolute Gasteiger partial charge is 0.371 e. The van der Waals surface area contributed by atoms with Gasteiger partial charge < -0.3 is 9.52 Å². The average Bonchev–Trinajstić information content (AvgIpc) is 2.96. The molecular weight excluding hydrogens is 232 g/mol. The van der Waals surface area contributed by atoms with E-state index in [0.717, 1.165) is 31.9 Å². The highest BCUT2D eigenvalue weighted by Crippen LogP contribution is 2.22. The minimum atomic E-state index is -0.998. The summed E-state index contributed by atoms with van der Waals surface area (Å²) in [5.41, 5.74) is 0. The number of aromatic carboxylic acids is 1. The zero-order valence-electron chi connectivity index (χ0n) is 10.3. The van der Waals surface area contributed by atoms with Gasteiger partial charge in [0.1, 0.15) is 5.76 Å². The Kier molecular flexibility index (Phi) is 3.09. The van der Waals surface area contributed by atoms with Crippen LogP contribution in [-0.2, 0) is 6.54 Å². The van der Waals surface area contributed by atoms with Crippen molar-refractivity contribution in [2.45, 2.75) is 25.4 Å². The molecule has 1 N–H and O–H groups in total. The quantitative estimate of drug-likeness (QED) is 0.875. The predicted molar refractivity (Wildman–Crippen MR) is 65.5 cm³/mol. The number of piperazine rings is 1. The van der Waals surface area contributed by atoms with Gasteiger partial charge in [-0.1, -0.05) is 0 Å². The second kappa shape index (κ2) is 4.74. The van der Waals surface area contributed by atoms with Crippen LogP contribution in [0, 0.1) is 0 Å². The van der Waals surface area contributed by atoms with Crippen molar-refractivity contribution in [1.82, 2.24) is 9.80 Å². The molecule has 0 bridgehead atoms. The Labute approximate surface area is 106 Å². The Balaban J connectivity index is 1.60. The summed E-state index contributed by atoms with van der Waals surface area (Å²) in [5, 5.41) is 8.81. The summed E-state index contributed by atoms with van der Waals surface area (Å²) in [6.45, 7) is 5.19. The third-order valence-electron chi connectivity index (χ3n) is 3.92. The second-order valence-corrected chi connectivity index (χ2v) is 5.14. The molecule has 3 heterocycles. The molecule has 1 aromatic rings. The Morgan fingerprint density at radius 3 is 3.06 bits per heavy atom. The number of carboxylic acids is 1. The van der Waals surface area contributed by atoms with Gasteiger partial charge in [0, 0.05) is 25.7 Å². The van der Waals surface area contributed by atoms with Crippen LogP contribution in [0.1, 0.15) is 29.2 Å². The minimum Gasteiger partial charge on any atom is -0.475 e. The molecule has 0 aromatic carbocycles. The topological polar surface area (TPSA) is 56.9 Å². The third-order valence-corrected chi connectivity index (χ3v) is 3.92. The van der Waals surface area contributed by atoms with Crippen molar-refractivity contribution in [3.05, 3.63) is 23.7 Å². The lowest BCUT2D eigenvalue weighted by Crippen LogP contribution is -2.49. The number of hydrogen-bond donors (Lipinski definition) is 1. The first-order valence-corrected chi connectivity index (χ1v) is 6.51. The van der Waals surface area contributed by atoms with Crippen molar-refractivity contribution in [2.24, 2.45) is 0 Å². The van der Waals surface area contributed by atoms with Gasteiger partial charge in [-0.05, 0) is 31.5 Å². The molecule has 0 amide bonds. The summed E-state index contributed by atoms with van der Waals surface area (Å²) in [4.78, 5) is 15.7. The number of carbonyl (C=O) groups is 1. The summed E-state index contributed by atoms with van der Waals surface area (Å²) in [7, 11) is 0. The van der Waals surface area contributed by atoms with E-state index in [1.807, 2.05) is 0 Å². The maximum Gasteiger partial charge on any atom is 0.371 e. The molecule has 1 unspecified atom stereocenters. The van der Waals surface area contributed by atoms with E-state index in [-0.39, 0.29) is 5.76 Å². The Morgan fingerprint density at radius 2 is 2.28 bits per heavy atom. The highest BCUT2D eigenvalue weighted by atomic mass is 16.4. The highest BCUT2D eigenvalue weighted by Gasteiger charge is 2.30. The first kappa shape index (κ1) is 11.7. The molecule has 98 valence electrons. The third kappa shape index (κ3) is 2.28. The lowest BCUT2D eigenvalue weighted by atomic mass is 10.1. The predicted octanol–water partition coefficient (Wildman–Crippen LogP) is 1.26. The van der Waals surface area contributed by atoms with Crippen LogP contribution in [0.2, 0.25) is 0 Å². The molecule has 5 nitrogen and oxygen atoms in total. The van der Waals surface area contributed by atoms with Crippen LogP contribution in [0.25, 0.3) is 0 Å². The fourth-order valence-electron chi connectivity index (χ4n) is 3.00. The van der Waals surface area contributed by atoms with Gasteiger partial charge in [0.2, 0.25) is 5.76 Å². The van der Waals surface area contributed by atoms with Crippen molar-refractivity contribution in [3.63, 3.8) is 0 Å². The average molecular weight is 250 g/mol. The Hall–Kier alpha value is -1.33. The molecule has 0 saturated carbocycles. The summed E-state index contributed by atoms with van der Waals surface area (Å²) >= 11 is 0. The number of carboxylic acid groups (broad SMARTS) is 1. The van der Waals surface area contributed by atoms with E-state index in [1.165, 1.54) is 25.5 Å². The van der Waals surface area contributed by atoms with Gasteiger partial charge in [-0.2, -0.15) is 0 Å². The zero-order chi connectivity index (χ0) is 12.5. The van der Waals surface area contributed by atoms with Crippen molar-refractivity contribution in [3.8, 4) is 0 Å². The van der Waals surface area contributed by atoms with Crippen molar-refractivity contribution in [2.75, 3.05) is 26.2 Å². The first-order valence-electron chi connectivity index (χ1n) is 6.51. The molecule has 2 aliphatic rings. The molecular formula is C13H18N2O3. The number of hydrogen-bond acceptors (Lipinski definition) is 4. The van der Waals surface area contributed by atoms with Crippen LogP contribution in [0.3, 0.4) is 0 Å². The second-order valence-electron chi connectivity index (χ2n) is 5.14. The van der Waals surface area contributed by atoms with Gasteiger partial charge >= 0.3 is 5.97 Å². The lowest BCUT2D eigenvalue weighted by molar-refractivity contribution is 0.0651. The maximum absolute atomic E-state index is 10.7. The van der Waals surface area contributed by atoms with Gasteiger partial charge in [0.25, 0.3) is 0 Å². The molecule has 0 spiro atoms. The van der Waals surface area contributed by atoms with Crippen LogP contribution < -0.4 is 0 Å². The molecule has 1 atom stereocenters. The van der Waals surface area contributed by atoms with E-state index in [2.05, 4.69) is 9.80 Å². The monoisotopic (exact) mass is 250 g/mol. The summed E-state index contributed by atoms with van der Waals surface area (Å²) in [6.07, 6.45) is 2.59. The number of nitrogens with zero attached hydrogens (tertiary/aromatic N) is 2. The molecule has 0 aliphatic carbocycles. The van der Waals surface area contributed by atoms with Crippen LogP contribution in [-0.4, -0.2) is 53.1 Å². The Morgan fingerprint density at radius 1 is 1.39 bits per heavy atom.